The molecule has 28 heavy (non-hydrogen) atoms. The molecule has 0 saturated carbocycles. The first kappa shape index (κ1) is 20.0. The maximum Gasteiger partial charge on any atom is 0.313 e. The quantitative estimate of drug-likeness (QED) is 0.782. The molecule has 0 aliphatic carbocycles. The van der Waals surface area contributed by atoms with Crippen molar-refractivity contribution in [1.82, 2.24) is 15.2 Å². The van der Waals surface area contributed by atoms with Crippen LogP contribution in [0.4, 0.5) is 5.69 Å². The van der Waals surface area contributed by atoms with Crippen LogP contribution >= 0.6 is 0 Å². The SMILES string of the molecule is Cc1cc(C)cc(NC(=O)C(=O)NCC2CCN(Cc3ccncc3)CC2)c1. The molecule has 1 aliphatic rings. The van der Waals surface area contributed by atoms with E-state index in [-0.39, 0.29) is 0 Å². The monoisotopic (exact) mass is 380 g/mol. The Morgan fingerprint density at radius 3 is 2.32 bits per heavy atom. The first-order valence-corrected chi connectivity index (χ1v) is 9.78. The number of nitrogens with one attached hydrogen (secondary N) is 2. The zero-order valence-electron chi connectivity index (χ0n) is 16.6. The average Bonchev–Trinajstić information content (AvgIpc) is 2.67. The van der Waals surface area contributed by atoms with Crippen molar-refractivity contribution >= 4 is 17.5 Å². The molecule has 2 heterocycles. The van der Waals surface area contributed by atoms with Crippen LogP contribution in [0.25, 0.3) is 0 Å². The van der Waals surface area contributed by atoms with Gasteiger partial charge in [-0.05, 0) is 86.7 Å². The lowest BCUT2D eigenvalue weighted by atomic mass is 9.96. The Labute approximate surface area is 166 Å². The molecule has 2 amide bonds. The van der Waals surface area contributed by atoms with E-state index in [1.54, 1.807) is 0 Å². The second-order valence-corrected chi connectivity index (χ2v) is 7.62. The predicted octanol–water partition coefficient (Wildman–Crippen LogP) is 2.67. The smallest absolute Gasteiger partial charge is 0.313 e. The number of aromatic nitrogens is 1. The number of pyridine rings is 1. The van der Waals surface area contributed by atoms with Crippen LogP contribution in [0.15, 0.2) is 42.7 Å². The van der Waals surface area contributed by atoms with Gasteiger partial charge < -0.3 is 10.6 Å². The molecule has 0 bridgehead atoms. The van der Waals surface area contributed by atoms with Crippen molar-refractivity contribution < 1.29 is 9.59 Å². The van der Waals surface area contributed by atoms with E-state index in [0.717, 1.165) is 43.6 Å². The Morgan fingerprint density at radius 1 is 1.04 bits per heavy atom. The van der Waals surface area contributed by atoms with E-state index in [4.69, 9.17) is 0 Å². The second-order valence-electron chi connectivity index (χ2n) is 7.62. The third kappa shape index (κ3) is 5.89. The molecule has 1 fully saturated rings. The van der Waals surface area contributed by atoms with Crippen molar-refractivity contribution in [3.05, 3.63) is 59.4 Å². The van der Waals surface area contributed by atoms with Crippen LogP contribution in [0.2, 0.25) is 0 Å². The average molecular weight is 380 g/mol. The van der Waals surface area contributed by atoms with E-state index < -0.39 is 11.8 Å². The number of carbonyl (C=O) groups is 2. The normalized spacial score (nSPS) is 15.2. The lowest BCUT2D eigenvalue weighted by molar-refractivity contribution is -0.136. The predicted molar refractivity (Wildman–Crippen MR) is 110 cm³/mol. The number of nitrogens with zero attached hydrogens (tertiary/aromatic N) is 2. The molecule has 0 unspecified atom stereocenters. The summed E-state index contributed by atoms with van der Waals surface area (Å²) in [6, 6.07) is 9.82. The number of anilines is 1. The van der Waals surface area contributed by atoms with Crippen molar-refractivity contribution in [3.63, 3.8) is 0 Å². The molecule has 148 valence electrons. The summed E-state index contributed by atoms with van der Waals surface area (Å²) in [5, 5.41) is 5.47. The Bertz CT molecular complexity index is 794. The highest BCUT2D eigenvalue weighted by Gasteiger charge is 2.21. The summed E-state index contributed by atoms with van der Waals surface area (Å²) in [6.45, 7) is 7.39. The van der Waals surface area contributed by atoms with Gasteiger partial charge in [-0.15, -0.1) is 0 Å². The van der Waals surface area contributed by atoms with Gasteiger partial charge in [0.2, 0.25) is 0 Å². The number of hydrogen-bond acceptors (Lipinski definition) is 4. The van der Waals surface area contributed by atoms with Gasteiger partial charge in [-0.25, -0.2) is 0 Å². The van der Waals surface area contributed by atoms with E-state index in [2.05, 4.69) is 20.5 Å². The summed E-state index contributed by atoms with van der Waals surface area (Å²) in [6.07, 6.45) is 5.68. The van der Waals surface area contributed by atoms with E-state index in [9.17, 15) is 9.59 Å². The van der Waals surface area contributed by atoms with Gasteiger partial charge >= 0.3 is 11.8 Å². The topological polar surface area (TPSA) is 74.3 Å². The highest BCUT2D eigenvalue weighted by atomic mass is 16.2. The molecule has 3 rings (SSSR count). The summed E-state index contributed by atoms with van der Waals surface area (Å²) in [5.74, 6) is -0.773. The fraction of sp³-hybridized carbons (Fsp3) is 0.409. The minimum Gasteiger partial charge on any atom is -0.348 e. The summed E-state index contributed by atoms with van der Waals surface area (Å²) < 4.78 is 0. The Morgan fingerprint density at radius 2 is 1.68 bits per heavy atom. The first-order chi connectivity index (χ1) is 13.5. The highest BCUT2D eigenvalue weighted by Crippen LogP contribution is 2.18. The maximum atomic E-state index is 12.1. The van der Waals surface area contributed by atoms with Gasteiger partial charge in [-0.2, -0.15) is 0 Å². The van der Waals surface area contributed by atoms with Gasteiger partial charge in [0, 0.05) is 31.2 Å². The molecule has 0 radical (unpaired) electrons. The summed E-state index contributed by atoms with van der Waals surface area (Å²) in [4.78, 5) is 30.7. The van der Waals surface area contributed by atoms with E-state index in [0.29, 0.717) is 18.2 Å². The van der Waals surface area contributed by atoms with E-state index in [1.165, 1.54) is 5.56 Å². The zero-order chi connectivity index (χ0) is 19.9. The maximum absolute atomic E-state index is 12.1. The highest BCUT2D eigenvalue weighted by molar-refractivity contribution is 6.39. The van der Waals surface area contributed by atoms with Crippen LogP contribution in [0, 0.1) is 19.8 Å². The van der Waals surface area contributed by atoms with Crippen molar-refractivity contribution in [2.24, 2.45) is 5.92 Å². The van der Waals surface area contributed by atoms with Crippen LogP contribution in [-0.2, 0) is 16.1 Å². The summed E-state index contributed by atoms with van der Waals surface area (Å²) in [5.41, 5.74) is 4.02. The Balaban J connectivity index is 1.39. The summed E-state index contributed by atoms with van der Waals surface area (Å²) >= 11 is 0. The van der Waals surface area contributed by atoms with E-state index in [1.807, 2.05) is 56.6 Å². The van der Waals surface area contributed by atoms with Crippen LogP contribution < -0.4 is 10.6 Å². The molecular weight excluding hydrogens is 352 g/mol. The number of rotatable bonds is 5. The molecule has 6 nitrogen and oxygen atoms in total. The van der Waals surface area contributed by atoms with E-state index >= 15 is 0 Å². The number of benzene rings is 1. The second kappa shape index (κ2) is 9.46. The Kier molecular flexibility index (Phi) is 6.76. The molecule has 0 atom stereocenters. The largest absolute Gasteiger partial charge is 0.348 e. The number of aryl methyl sites for hydroxylation is 2. The van der Waals surface area contributed by atoms with Gasteiger partial charge in [0.15, 0.2) is 0 Å². The molecular formula is C22H28N4O2. The molecule has 2 N–H and O–H groups in total. The van der Waals surface area contributed by atoms with Crippen molar-refractivity contribution in [2.75, 3.05) is 25.0 Å². The van der Waals surface area contributed by atoms with Gasteiger partial charge in [0.1, 0.15) is 0 Å². The number of hydrogen-bond donors (Lipinski definition) is 2. The number of likely N-dealkylation sites (tertiary alicyclic amines) is 1. The lowest BCUT2D eigenvalue weighted by Gasteiger charge is -2.32. The molecule has 2 aromatic rings. The first-order valence-electron chi connectivity index (χ1n) is 9.78. The molecule has 1 aromatic heterocycles. The third-order valence-electron chi connectivity index (χ3n) is 5.10. The van der Waals surface area contributed by atoms with Crippen molar-refractivity contribution in [2.45, 2.75) is 33.2 Å². The third-order valence-corrected chi connectivity index (χ3v) is 5.10. The molecule has 1 aromatic carbocycles. The summed E-state index contributed by atoms with van der Waals surface area (Å²) in [7, 11) is 0. The van der Waals surface area contributed by atoms with Crippen LogP contribution in [-0.4, -0.2) is 41.3 Å². The molecule has 0 spiro atoms. The number of amides is 2. The van der Waals surface area contributed by atoms with Crippen molar-refractivity contribution in [1.29, 1.82) is 0 Å². The van der Waals surface area contributed by atoms with Gasteiger partial charge in [0.25, 0.3) is 0 Å². The fourth-order valence-electron chi connectivity index (χ4n) is 3.65. The zero-order valence-corrected chi connectivity index (χ0v) is 16.6. The Hall–Kier alpha value is -2.73. The molecule has 1 saturated heterocycles. The minimum atomic E-state index is -0.611. The number of carbonyl (C=O) groups excluding carboxylic acids is 2. The van der Waals surface area contributed by atoms with Crippen LogP contribution in [0.5, 0.6) is 0 Å². The van der Waals surface area contributed by atoms with Gasteiger partial charge in [0.05, 0.1) is 0 Å². The van der Waals surface area contributed by atoms with Crippen molar-refractivity contribution in [3.8, 4) is 0 Å². The van der Waals surface area contributed by atoms with Gasteiger partial charge in [-0.3, -0.25) is 19.5 Å². The van der Waals surface area contributed by atoms with Crippen LogP contribution in [0.1, 0.15) is 29.5 Å². The minimum absolute atomic E-state index is 0.409. The lowest BCUT2D eigenvalue weighted by Crippen LogP contribution is -2.41. The van der Waals surface area contributed by atoms with Gasteiger partial charge in [-0.1, -0.05) is 6.07 Å². The standard InChI is InChI=1S/C22H28N4O2/c1-16-11-17(2)13-20(12-16)25-22(28)21(27)24-14-18-5-9-26(10-6-18)15-19-3-7-23-8-4-19/h3-4,7-8,11-13,18H,5-6,9-10,14-15H2,1-2H3,(H,24,27)(H,25,28). The molecule has 1 aliphatic heterocycles. The molecule has 6 heteroatoms. The number of piperidine rings is 1. The fourth-order valence-corrected chi connectivity index (χ4v) is 3.65. The van der Waals surface area contributed by atoms with Crippen LogP contribution in [0.3, 0.4) is 0 Å².